The van der Waals surface area contributed by atoms with Gasteiger partial charge in [0.2, 0.25) is 0 Å². The fourth-order valence-electron chi connectivity index (χ4n) is 1.37. The molecule has 0 N–H and O–H groups in total. The van der Waals surface area contributed by atoms with E-state index in [0.717, 1.165) is 18.0 Å². The lowest BCUT2D eigenvalue weighted by atomic mass is 10.1. The average Bonchev–Trinajstić information content (AvgIpc) is 2.52. The molecule has 3 heteroatoms. The molecule has 0 amide bonds. The summed E-state index contributed by atoms with van der Waals surface area (Å²) >= 11 is 5.95. The maximum absolute atomic E-state index is 5.95. The van der Waals surface area contributed by atoms with Gasteiger partial charge in [-0.3, -0.25) is 4.68 Å². The Kier molecular flexibility index (Phi) is 4.46. The second kappa shape index (κ2) is 5.40. The van der Waals surface area contributed by atoms with Gasteiger partial charge in [0.05, 0.1) is 11.6 Å². The summed E-state index contributed by atoms with van der Waals surface area (Å²) in [6.45, 7) is 7.46. The number of aryl methyl sites for hydroxylation is 1. The number of alkyl halides is 1. The third kappa shape index (κ3) is 3.70. The summed E-state index contributed by atoms with van der Waals surface area (Å²) in [7, 11) is 0. The van der Waals surface area contributed by atoms with Crippen molar-refractivity contribution in [2.45, 2.75) is 45.5 Å². The monoisotopic (exact) mass is 214 g/mol. The molecule has 1 atom stereocenters. The van der Waals surface area contributed by atoms with Crippen molar-refractivity contribution in [3.63, 3.8) is 0 Å². The van der Waals surface area contributed by atoms with Crippen molar-refractivity contribution in [2.75, 3.05) is 0 Å². The highest BCUT2D eigenvalue weighted by Gasteiger charge is 2.04. The van der Waals surface area contributed by atoms with E-state index in [4.69, 9.17) is 11.6 Å². The first kappa shape index (κ1) is 11.6. The Morgan fingerprint density at radius 2 is 2.14 bits per heavy atom. The number of halogens is 1. The maximum atomic E-state index is 5.95. The molecule has 0 bridgehead atoms. The molecule has 80 valence electrons. The Bertz CT molecular complexity index is 266. The lowest BCUT2D eigenvalue weighted by Gasteiger charge is -2.04. The van der Waals surface area contributed by atoms with Crippen LogP contribution in [0, 0.1) is 5.92 Å². The zero-order valence-electron chi connectivity index (χ0n) is 9.20. The van der Waals surface area contributed by atoms with Gasteiger partial charge < -0.3 is 0 Å². The molecule has 0 saturated carbocycles. The van der Waals surface area contributed by atoms with E-state index in [-0.39, 0.29) is 5.38 Å². The second-order valence-corrected chi connectivity index (χ2v) is 4.84. The minimum absolute atomic E-state index is 0.0637. The zero-order chi connectivity index (χ0) is 10.6. The Hall–Kier alpha value is -0.500. The summed E-state index contributed by atoms with van der Waals surface area (Å²) in [4.78, 5) is 0. The Labute approximate surface area is 91.3 Å². The van der Waals surface area contributed by atoms with Gasteiger partial charge >= 0.3 is 0 Å². The highest BCUT2D eigenvalue weighted by atomic mass is 35.5. The van der Waals surface area contributed by atoms with Crippen LogP contribution in [0.25, 0.3) is 0 Å². The second-order valence-electron chi connectivity index (χ2n) is 4.19. The fourth-order valence-corrected chi connectivity index (χ4v) is 1.48. The molecule has 0 radical (unpaired) electrons. The van der Waals surface area contributed by atoms with Crippen LogP contribution in [-0.4, -0.2) is 9.78 Å². The van der Waals surface area contributed by atoms with Gasteiger partial charge in [-0.05, 0) is 25.7 Å². The molecule has 2 nitrogen and oxygen atoms in total. The molecule has 0 aliphatic rings. The van der Waals surface area contributed by atoms with Crippen molar-refractivity contribution in [1.82, 2.24) is 9.78 Å². The van der Waals surface area contributed by atoms with Crippen LogP contribution in [0.1, 0.15) is 44.6 Å². The number of aromatic nitrogens is 2. The van der Waals surface area contributed by atoms with Crippen molar-refractivity contribution < 1.29 is 0 Å². The zero-order valence-corrected chi connectivity index (χ0v) is 9.96. The van der Waals surface area contributed by atoms with Crippen LogP contribution in [0.4, 0.5) is 0 Å². The summed E-state index contributed by atoms with van der Waals surface area (Å²) in [5, 5.41) is 4.33. The highest BCUT2D eigenvalue weighted by molar-refractivity contribution is 6.20. The summed E-state index contributed by atoms with van der Waals surface area (Å²) < 4.78 is 1.98. The van der Waals surface area contributed by atoms with E-state index in [1.807, 2.05) is 24.0 Å². The Morgan fingerprint density at radius 3 is 2.64 bits per heavy atom. The van der Waals surface area contributed by atoms with Gasteiger partial charge in [0.25, 0.3) is 0 Å². The first-order valence-corrected chi connectivity index (χ1v) is 5.69. The largest absolute Gasteiger partial charge is 0.272 e. The Balaban J connectivity index is 2.36. The molecule has 0 spiro atoms. The Morgan fingerprint density at radius 1 is 1.43 bits per heavy atom. The van der Waals surface area contributed by atoms with Crippen LogP contribution in [0.15, 0.2) is 12.4 Å². The summed E-state index contributed by atoms with van der Waals surface area (Å²) in [5.74, 6) is 0.775. The molecule has 0 aliphatic heterocycles. The lowest BCUT2D eigenvalue weighted by molar-refractivity contribution is 0.489. The third-order valence-corrected chi connectivity index (χ3v) is 2.53. The van der Waals surface area contributed by atoms with E-state index in [1.165, 1.54) is 12.8 Å². The predicted molar refractivity (Wildman–Crippen MR) is 60.6 cm³/mol. The normalized spacial score (nSPS) is 13.5. The van der Waals surface area contributed by atoms with Crippen LogP contribution in [-0.2, 0) is 6.54 Å². The standard InChI is InChI=1S/C11H19ClN2/c1-9(2)5-4-6-14-8-11(7-13-14)10(3)12/h7-10H,4-6H2,1-3H3. The molecule has 0 saturated heterocycles. The van der Waals surface area contributed by atoms with E-state index in [1.54, 1.807) is 0 Å². The fraction of sp³-hybridized carbons (Fsp3) is 0.727. The molecule has 1 heterocycles. The summed E-state index contributed by atoms with van der Waals surface area (Å²) in [5.41, 5.74) is 1.11. The van der Waals surface area contributed by atoms with Gasteiger partial charge in [-0.2, -0.15) is 5.10 Å². The molecule has 1 unspecified atom stereocenters. The smallest absolute Gasteiger partial charge is 0.0588 e. The summed E-state index contributed by atoms with van der Waals surface area (Å²) in [6.07, 6.45) is 6.34. The topological polar surface area (TPSA) is 17.8 Å². The van der Waals surface area contributed by atoms with Crippen LogP contribution >= 0.6 is 11.6 Å². The van der Waals surface area contributed by atoms with E-state index in [2.05, 4.69) is 18.9 Å². The first-order valence-electron chi connectivity index (χ1n) is 5.26. The average molecular weight is 215 g/mol. The first-order chi connectivity index (χ1) is 6.59. The van der Waals surface area contributed by atoms with Crippen molar-refractivity contribution in [1.29, 1.82) is 0 Å². The van der Waals surface area contributed by atoms with E-state index in [9.17, 15) is 0 Å². The third-order valence-electron chi connectivity index (χ3n) is 2.28. The molecule has 0 fully saturated rings. The van der Waals surface area contributed by atoms with Crippen molar-refractivity contribution in [2.24, 2.45) is 5.92 Å². The van der Waals surface area contributed by atoms with Gasteiger partial charge in [-0.25, -0.2) is 0 Å². The number of nitrogens with zero attached hydrogens (tertiary/aromatic N) is 2. The molecule has 1 aromatic rings. The van der Waals surface area contributed by atoms with Gasteiger partial charge in [0.15, 0.2) is 0 Å². The maximum Gasteiger partial charge on any atom is 0.0588 e. The lowest BCUT2D eigenvalue weighted by Crippen LogP contribution is -1.99. The van der Waals surface area contributed by atoms with E-state index < -0.39 is 0 Å². The molecular weight excluding hydrogens is 196 g/mol. The predicted octanol–water partition coefficient (Wildman–Crippen LogP) is 3.62. The highest BCUT2D eigenvalue weighted by Crippen LogP contribution is 2.18. The minimum Gasteiger partial charge on any atom is -0.272 e. The summed E-state index contributed by atoms with van der Waals surface area (Å²) in [6, 6.07) is 0. The van der Waals surface area contributed by atoms with Gasteiger partial charge in [-0.15, -0.1) is 11.6 Å². The SMILES string of the molecule is CC(C)CCCn1cc(C(C)Cl)cn1. The van der Waals surface area contributed by atoms with E-state index >= 15 is 0 Å². The molecule has 0 aliphatic carbocycles. The number of hydrogen-bond donors (Lipinski definition) is 0. The molecule has 14 heavy (non-hydrogen) atoms. The van der Waals surface area contributed by atoms with Crippen LogP contribution in [0.2, 0.25) is 0 Å². The number of rotatable bonds is 5. The molecule has 1 aromatic heterocycles. The van der Waals surface area contributed by atoms with Crippen LogP contribution in [0.5, 0.6) is 0 Å². The minimum atomic E-state index is 0.0637. The van der Waals surface area contributed by atoms with Crippen molar-refractivity contribution in [3.05, 3.63) is 18.0 Å². The van der Waals surface area contributed by atoms with Crippen molar-refractivity contribution >= 4 is 11.6 Å². The van der Waals surface area contributed by atoms with Gasteiger partial charge in [0, 0.05) is 18.3 Å². The van der Waals surface area contributed by atoms with E-state index in [0.29, 0.717) is 0 Å². The van der Waals surface area contributed by atoms with Gasteiger partial charge in [0.1, 0.15) is 0 Å². The molecular formula is C11H19ClN2. The van der Waals surface area contributed by atoms with Crippen LogP contribution < -0.4 is 0 Å². The van der Waals surface area contributed by atoms with Crippen molar-refractivity contribution in [3.8, 4) is 0 Å². The number of hydrogen-bond acceptors (Lipinski definition) is 1. The van der Waals surface area contributed by atoms with Gasteiger partial charge in [-0.1, -0.05) is 13.8 Å². The quantitative estimate of drug-likeness (QED) is 0.685. The molecule has 0 aromatic carbocycles. The molecule has 1 rings (SSSR count). The van der Waals surface area contributed by atoms with Crippen LogP contribution in [0.3, 0.4) is 0 Å².